The lowest BCUT2D eigenvalue weighted by molar-refractivity contribution is 0.0554. The molecule has 0 spiro atoms. The standard InChI is InChI=1S/C20H19N3O4S/c1-5-8-26-19(25)17-13(4)21-20(28-17)22-18(24)15-10-16(27-23-15)14-7-6-11(2)12(3)9-14/h5-7,9-10H,1,8H2,2-4H3,(H,21,22,24). The van der Waals surface area contributed by atoms with Crippen molar-refractivity contribution in [3.63, 3.8) is 0 Å². The summed E-state index contributed by atoms with van der Waals surface area (Å²) in [5.74, 6) is -0.482. The topological polar surface area (TPSA) is 94.3 Å². The average Bonchev–Trinajstić information content (AvgIpc) is 3.29. The summed E-state index contributed by atoms with van der Waals surface area (Å²) >= 11 is 1.04. The molecular weight excluding hydrogens is 378 g/mol. The first kappa shape index (κ1) is 19.5. The van der Waals surface area contributed by atoms with Crippen molar-refractivity contribution < 1.29 is 18.8 Å². The van der Waals surface area contributed by atoms with Crippen molar-refractivity contribution >= 4 is 28.3 Å². The zero-order valence-electron chi connectivity index (χ0n) is 15.7. The van der Waals surface area contributed by atoms with Gasteiger partial charge in [-0.25, -0.2) is 9.78 Å². The van der Waals surface area contributed by atoms with Gasteiger partial charge in [-0.2, -0.15) is 0 Å². The van der Waals surface area contributed by atoms with Gasteiger partial charge >= 0.3 is 5.97 Å². The Morgan fingerprint density at radius 1 is 1.25 bits per heavy atom. The molecule has 0 atom stereocenters. The SMILES string of the molecule is C=CCOC(=O)c1sc(NC(=O)c2cc(-c3ccc(C)c(C)c3)on2)nc1C. The van der Waals surface area contributed by atoms with E-state index < -0.39 is 11.9 Å². The number of esters is 1. The maximum absolute atomic E-state index is 12.4. The van der Waals surface area contributed by atoms with Crippen molar-refractivity contribution in [3.05, 3.63) is 64.3 Å². The van der Waals surface area contributed by atoms with Crippen LogP contribution in [-0.4, -0.2) is 28.6 Å². The van der Waals surface area contributed by atoms with Gasteiger partial charge in [-0.05, 0) is 38.0 Å². The van der Waals surface area contributed by atoms with E-state index in [4.69, 9.17) is 9.26 Å². The van der Waals surface area contributed by atoms with Crippen LogP contribution < -0.4 is 5.32 Å². The number of hydrogen-bond donors (Lipinski definition) is 1. The minimum Gasteiger partial charge on any atom is -0.457 e. The molecule has 0 aliphatic heterocycles. The van der Waals surface area contributed by atoms with Crippen LogP contribution >= 0.6 is 11.3 Å². The van der Waals surface area contributed by atoms with Crippen LogP contribution in [0, 0.1) is 20.8 Å². The minimum absolute atomic E-state index is 0.109. The number of carbonyl (C=O) groups is 2. The number of benzene rings is 1. The molecule has 1 amide bonds. The lowest BCUT2D eigenvalue weighted by Gasteiger charge is -2.01. The molecule has 2 heterocycles. The zero-order valence-corrected chi connectivity index (χ0v) is 16.6. The van der Waals surface area contributed by atoms with E-state index in [0.29, 0.717) is 16.3 Å². The zero-order chi connectivity index (χ0) is 20.3. The second-order valence-corrected chi connectivity index (χ2v) is 7.15. The fourth-order valence-electron chi connectivity index (χ4n) is 2.41. The third kappa shape index (κ3) is 4.17. The van der Waals surface area contributed by atoms with Gasteiger partial charge < -0.3 is 9.26 Å². The van der Waals surface area contributed by atoms with Crippen LogP contribution in [0.3, 0.4) is 0 Å². The molecule has 3 aromatic rings. The largest absolute Gasteiger partial charge is 0.457 e. The average molecular weight is 397 g/mol. The molecule has 7 nitrogen and oxygen atoms in total. The van der Waals surface area contributed by atoms with E-state index in [1.54, 1.807) is 13.0 Å². The molecule has 0 aliphatic carbocycles. The van der Waals surface area contributed by atoms with Crippen molar-refractivity contribution in [1.82, 2.24) is 10.1 Å². The van der Waals surface area contributed by atoms with Gasteiger partial charge in [0.2, 0.25) is 0 Å². The summed E-state index contributed by atoms with van der Waals surface area (Å²) in [6, 6.07) is 7.44. The van der Waals surface area contributed by atoms with E-state index in [9.17, 15) is 9.59 Å². The van der Waals surface area contributed by atoms with Crippen LogP contribution in [0.15, 0.2) is 41.4 Å². The summed E-state index contributed by atoms with van der Waals surface area (Å²) in [4.78, 5) is 28.9. The molecule has 0 aliphatic rings. The van der Waals surface area contributed by atoms with Crippen LogP contribution in [0.5, 0.6) is 0 Å². The molecule has 1 aromatic carbocycles. The third-order valence-electron chi connectivity index (χ3n) is 4.07. The molecule has 0 saturated heterocycles. The third-order valence-corrected chi connectivity index (χ3v) is 5.12. The highest BCUT2D eigenvalue weighted by molar-refractivity contribution is 7.17. The molecule has 0 radical (unpaired) electrons. The summed E-state index contributed by atoms with van der Waals surface area (Å²) < 4.78 is 10.3. The number of rotatable bonds is 6. The van der Waals surface area contributed by atoms with Crippen molar-refractivity contribution in [2.75, 3.05) is 11.9 Å². The number of nitrogens with zero attached hydrogens (tertiary/aromatic N) is 2. The van der Waals surface area contributed by atoms with Gasteiger partial charge in [0.05, 0.1) is 5.69 Å². The summed E-state index contributed by atoms with van der Waals surface area (Å²) in [5, 5.41) is 6.75. The first-order valence-electron chi connectivity index (χ1n) is 8.50. The summed E-state index contributed by atoms with van der Waals surface area (Å²) in [6.07, 6.45) is 1.48. The number of aromatic nitrogens is 2. The van der Waals surface area contributed by atoms with Crippen LogP contribution in [0.2, 0.25) is 0 Å². The predicted octanol–water partition coefficient (Wildman–Crippen LogP) is 4.32. The Morgan fingerprint density at radius 2 is 2.04 bits per heavy atom. The van der Waals surface area contributed by atoms with Gasteiger partial charge in [0, 0.05) is 11.6 Å². The molecule has 1 N–H and O–H groups in total. The Labute approximate surface area is 166 Å². The highest BCUT2D eigenvalue weighted by Gasteiger charge is 2.20. The molecule has 2 aromatic heterocycles. The van der Waals surface area contributed by atoms with Crippen LogP contribution in [0.4, 0.5) is 5.13 Å². The summed E-state index contributed by atoms with van der Waals surface area (Å²) in [5.41, 5.74) is 3.73. The van der Waals surface area contributed by atoms with Crippen LogP contribution in [-0.2, 0) is 4.74 Å². The first-order chi connectivity index (χ1) is 13.4. The van der Waals surface area contributed by atoms with E-state index in [1.165, 1.54) is 11.6 Å². The normalized spacial score (nSPS) is 10.5. The lowest BCUT2D eigenvalue weighted by atomic mass is 10.0. The number of ether oxygens (including phenoxy) is 1. The summed E-state index contributed by atoms with van der Waals surface area (Å²) in [6.45, 7) is 9.31. The number of hydrogen-bond acceptors (Lipinski definition) is 7. The number of thiazole rings is 1. The van der Waals surface area contributed by atoms with Crippen molar-refractivity contribution in [1.29, 1.82) is 0 Å². The minimum atomic E-state index is -0.506. The molecule has 0 fully saturated rings. The Hall–Kier alpha value is -3.26. The number of carbonyl (C=O) groups excluding carboxylic acids is 2. The fourth-order valence-corrected chi connectivity index (χ4v) is 3.27. The maximum atomic E-state index is 12.4. The molecule has 0 saturated carbocycles. The smallest absolute Gasteiger partial charge is 0.350 e. The summed E-state index contributed by atoms with van der Waals surface area (Å²) in [7, 11) is 0. The monoisotopic (exact) mass is 397 g/mol. The lowest BCUT2D eigenvalue weighted by Crippen LogP contribution is -2.11. The van der Waals surface area contributed by atoms with Crippen molar-refractivity contribution in [2.24, 2.45) is 0 Å². The van der Waals surface area contributed by atoms with Gasteiger partial charge in [-0.3, -0.25) is 10.1 Å². The van der Waals surface area contributed by atoms with Gasteiger partial charge in [0.15, 0.2) is 16.6 Å². The Kier molecular flexibility index (Phi) is 5.70. The van der Waals surface area contributed by atoms with Crippen molar-refractivity contribution in [2.45, 2.75) is 20.8 Å². The predicted molar refractivity (Wildman–Crippen MR) is 107 cm³/mol. The molecule has 0 bridgehead atoms. The highest BCUT2D eigenvalue weighted by atomic mass is 32.1. The van der Waals surface area contributed by atoms with E-state index in [2.05, 4.69) is 22.0 Å². The second-order valence-electron chi connectivity index (χ2n) is 6.15. The number of amides is 1. The second kappa shape index (κ2) is 8.18. The van der Waals surface area contributed by atoms with Gasteiger partial charge in [0.25, 0.3) is 5.91 Å². The van der Waals surface area contributed by atoms with Crippen molar-refractivity contribution in [3.8, 4) is 11.3 Å². The van der Waals surface area contributed by atoms with E-state index >= 15 is 0 Å². The molecule has 3 rings (SSSR count). The first-order valence-corrected chi connectivity index (χ1v) is 9.32. The fraction of sp³-hybridized carbons (Fsp3) is 0.200. The molecule has 0 unspecified atom stereocenters. The van der Waals surface area contributed by atoms with Crippen LogP contribution in [0.25, 0.3) is 11.3 Å². The Balaban J connectivity index is 1.73. The number of aryl methyl sites for hydroxylation is 3. The van der Waals surface area contributed by atoms with E-state index in [-0.39, 0.29) is 17.4 Å². The van der Waals surface area contributed by atoms with Gasteiger partial charge in [-0.15, -0.1) is 0 Å². The molecular formula is C20H19N3O4S. The molecule has 28 heavy (non-hydrogen) atoms. The Morgan fingerprint density at radius 3 is 2.75 bits per heavy atom. The van der Waals surface area contributed by atoms with Gasteiger partial charge in [-0.1, -0.05) is 41.3 Å². The number of anilines is 1. The van der Waals surface area contributed by atoms with E-state index in [1.807, 2.05) is 32.0 Å². The van der Waals surface area contributed by atoms with Crippen LogP contribution in [0.1, 0.15) is 37.0 Å². The molecule has 144 valence electrons. The van der Waals surface area contributed by atoms with E-state index in [0.717, 1.165) is 22.5 Å². The molecule has 8 heteroatoms. The number of nitrogens with one attached hydrogen (secondary N) is 1. The Bertz CT molecular complexity index is 1050. The maximum Gasteiger partial charge on any atom is 0.350 e. The van der Waals surface area contributed by atoms with Gasteiger partial charge in [0.1, 0.15) is 11.5 Å². The quantitative estimate of drug-likeness (QED) is 0.492. The highest BCUT2D eigenvalue weighted by Crippen LogP contribution is 2.26.